The van der Waals surface area contributed by atoms with Crippen molar-refractivity contribution < 1.29 is 9.59 Å². The van der Waals surface area contributed by atoms with Crippen molar-refractivity contribution in [2.24, 2.45) is 5.92 Å². The zero-order valence-corrected chi connectivity index (χ0v) is 14.0. The van der Waals surface area contributed by atoms with Crippen LogP contribution in [-0.2, 0) is 16.0 Å². The Bertz CT molecular complexity index is 549. The fraction of sp³-hybridized carbons (Fsp3) is 0.647. The average Bonchev–Trinajstić information content (AvgIpc) is 3.19. The molecule has 0 bridgehead atoms. The second-order valence-electron chi connectivity index (χ2n) is 6.44. The first-order valence-corrected chi connectivity index (χ1v) is 9.07. The summed E-state index contributed by atoms with van der Waals surface area (Å²) in [6.45, 7) is 3.37. The molecule has 0 aromatic carbocycles. The van der Waals surface area contributed by atoms with Crippen LogP contribution in [0, 0.1) is 12.8 Å². The van der Waals surface area contributed by atoms with E-state index < -0.39 is 0 Å². The van der Waals surface area contributed by atoms with Crippen molar-refractivity contribution in [3.05, 3.63) is 21.9 Å². The summed E-state index contributed by atoms with van der Waals surface area (Å²) < 4.78 is 0. The van der Waals surface area contributed by atoms with Crippen molar-refractivity contribution in [1.29, 1.82) is 0 Å². The Balaban J connectivity index is 1.45. The Morgan fingerprint density at radius 1 is 1.36 bits per heavy atom. The van der Waals surface area contributed by atoms with Gasteiger partial charge in [0.2, 0.25) is 11.8 Å². The molecule has 5 heteroatoms. The highest BCUT2D eigenvalue weighted by molar-refractivity contribution is 7.11. The third-order valence-corrected chi connectivity index (χ3v) is 5.82. The largest absolute Gasteiger partial charge is 0.355 e. The number of thiophene rings is 1. The number of rotatable bonds is 5. The van der Waals surface area contributed by atoms with Gasteiger partial charge in [0.25, 0.3) is 0 Å². The van der Waals surface area contributed by atoms with Crippen molar-refractivity contribution in [1.82, 2.24) is 10.2 Å². The highest BCUT2D eigenvalue weighted by Gasteiger charge is 2.38. The molecule has 3 rings (SSSR count). The van der Waals surface area contributed by atoms with E-state index in [2.05, 4.69) is 24.4 Å². The quantitative estimate of drug-likeness (QED) is 0.906. The summed E-state index contributed by atoms with van der Waals surface area (Å²) in [4.78, 5) is 28.9. The lowest BCUT2D eigenvalue weighted by atomic mass is 10.1. The van der Waals surface area contributed by atoms with Gasteiger partial charge < -0.3 is 10.2 Å². The Kier molecular flexibility index (Phi) is 4.81. The van der Waals surface area contributed by atoms with Crippen LogP contribution in [0.1, 0.15) is 41.9 Å². The number of likely N-dealkylation sites (tertiary alicyclic amines) is 1. The van der Waals surface area contributed by atoms with Crippen molar-refractivity contribution in [2.45, 2.75) is 51.5 Å². The lowest BCUT2D eigenvalue weighted by Gasteiger charge is -2.23. The van der Waals surface area contributed by atoms with Crippen LogP contribution in [-0.4, -0.2) is 35.8 Å². The molecule has 1 N–H and O–H groups in total. The zero-order chi connectivity index (χ0) is 15.5. The molecule has 1 saturated heterocycles. The van der Waals surface area contributed by atoms with Gasteiger partial charge >= 0.3 is 0 Å². The monoisotopic (exact) mass is 320 g/mol. The number of carbonyl (C=O) groups is 2. The summed E-state index contributed by atoms with van der Waals surface area (Å²) in [6.07, 6.45) is 5.91. The van der Waals surface area contributed by atoms with Gasteiger partial charge in [-0.05, 0) is 38.3 Å². The normalized spacial score (nSPS) is 22.5. The molecule has 1 aromatic heterocycles. The molecule has 22 heavy (non-hydrogen) atoms. The number of nitrogens with zero attached hydrogens (tertiary/aromatic N) is 1. The van der Waals surface area contributed by atoms with E-state index in [0.29, 0.717) is 25.6 Å². The highest BCUT2D eigenvalue weighted by atomic mass is 32.1. The van der Waals surface area contributed by atoms with Gasteiger partial charge in [-0.3, -0.25) is 9.59 Å². The molecule has 0 spiro atoms. The van der Waals surface area contributed by atoms with Crippen LogP contribution in [0.3, 0.4) is 0 Å². The predicted molar refractivity (Wildman–Crippen MR) is 87.8 cm³/mol. The maximum absolute atomic E-state index is 12.3. The summed E-state index contributed by atoms with van der Waals surface area (Å²) >= 11 is 1.78. The van der Waals surface area contributed by atoms with E-state index in [1.807, 2.05) is 4.90 Å². The Hall–Kier alpha value is -1.36. The van der Waals surface area contributed by atoms with E-state index in [1.54, 1.807) is 11.3 Å². The van der Waals surface area contributed by atoms with Gasteiger partial charge in [0, 0.05) is 35.3 Å². The van der Waals surface area contributed by atoms with Gasteiger partial charge in [-0.15, -0.1) is 11.3 Å². The Morgan fingerprint density at radius 2 is 2.14 bits per heavy atom. The lowest BCUT2D eigenvalue weighted by molar-refractivity contribution is -0.130. The van der Waals surface area contributed by atoms with E-state index in [-0.39, 0.29) is 17.7 Å². The maximum atomic E-state index is 12.3. The molecule has 1 aliphatic carbocycles. The van der Waals surface area contributed by atoms with Crippen molar-refractivity contribution in [3.63, 3.8) is 0 Å². The number of hydrogen-bond acceptors (Lipinski definition) is 3. The molecule has 120 valence electrons. The number of nitrogens with one attached hydrogen (secondary N) is 1. The number of hydrogen-bond donors (Lipinski definition) is 1. The second-order valence-corrected chi connectivity index (χ2v) is 7.81. The molecule has 2 fully saturated rings. The number of aryl methyl sites for hydroxylation is 1. The summed E-state index contributed by atoms with van der Waals surface area (Å²) in [5, 5.41) is 3.00. The van der Waals surface area contributed by atoms with Crippen LogP contribution in [0.25, 0.3) is 0 Å². The zero-order valence-electron chi connectivity index (χ0n) is 13.1. The first-order valence-electron chi connectivity index (χ1n) is 8.26. The highest BCUT2D eigenvalue weighted by Crippen LogP contribution is 2.29. The van der Waals surface area contributed by atoms with Gasteiger partial charge in [-0.2, -0.15) is 0 Å². The standard InChI is InChI=1S/C17H24N2O2S/c1-12-6-7-15(22-12)8-9-18-17(21)13-10-16(20)19(11-13)14-4-2-3-5-14/h6-7,13-14H,2-5,8-11H2,1H3,(H,18,21)/t13-/m1/s1. The minimum absolute atomic E-state index is 0.0436. The average molecular weight is 320 g/mol. The number of carbonyl (C=O) groups excluding carboxylic acids is 2. The maximum Gasteiger partial charge on any atom is 0.225 e. The van der Waals surface area contributed by atoms with E-state index in [1.165, 1.54) is 22.6 Å². The molecule has 1 atom stereocenters. The summed E-state index contributed by atoms with van der Waals surface area (Å²) in [5.41, 5.74) is 0. The molecular weight excluding hydrogens is 296 g/mol. The Morgan fingerprint density at radius 3 is 2.82 bits per heavy atom. The summed E-state index contributed by atoms with van der Waals surface area (Å²) in [5.74, 6) is 0.0567. The van der Waals surface area contributed by atoms with Crippen molar-refractivity contribution in [3.8, 4) is 0 Å². The van der Waals surface area contributed by atoms with E-state index in [0.717, 1.165) is 19.3 Å². The van der Waals surface area contributed by atoms with E-state index in [4.69, 9.17) is 0 Å². The second kappa shape index (κ2) is 6.82. The lowest BCUT2D eigenvalue weighted by Crippen LogP contribution is -2.37. The molecule has 2 amide bonds. The van der Waals surface area contributed by atoms with E-state index >= 15 is 0 Å². The fourth-order valence-corrected chi connectivity index (χ4v) is 4.44. The predicted octanol–water partition coefficient (Wildman–Crippen LogP) is 2.51. The third-order valence-electron chi connectivity index (χ3n) is 4.76. The molecule has 1 aliphatic heterocycles. The molecular formula is C17H24N2O2S. The van der Waals surface area contributed by atoms with Gasteiger partial charge in [0.1, 0.15) is 0 Å². The van der Waals surface area contributed by atoms with Crippen LogP contribution in [0.5, 0.6) is 0 Å². The van der Waals surface area contributed by atoms with Gasteiger partial charge in [-0.1, -0.05) is 12.8 Å². The molecule has 2 aliphatic rings. The first-order chi connectivity index (χ1) is 10.6. The molecule has 0 unspecified atom stereocenters. The van der Waals surface area contributed by atoms with Crippen molar-refractivity contribution in [2.75, 3.05) is 13.1 Å². The van der Waals surface area contributed by atoms with Gasteiger partial charge in [0.15, 0.2) is 0 Å². The van der Waals surface area contributed by atoms with Gasteiger partial charge in [-0.25, -0.2) is 0 Å². The summed E-state index contributed by atoms with van der Waals surface area (Å²) in [7, 11) is 0. The molecule has 4 nitrogen and oxygen atoms in total. The molecule has 1 saturated carbocycles. The summed E-state index contributed by atoms with van der Waals surface area (Å²) in [6, 6.07) is 4.61. The molecule has 1 aromatic rings. The van der Waals surface area contributed by atoms with Crippen LogP contribution in [0.2, 0.25) is 0 Å². The number of amides is 2. The fourth-order valence-electron chi connectivity index (χ4n) is 3.55. The Labute approximate surface area is 135 Å². The van der Waals surface area contributed by atoms with Crippen LogP contribution in [0.4, 0.5) is 0 Å². The van der Waals surface area contributed by atoms with E-state index in [9.17, 15) is 9.59 Å². The van der Waals surface area contributed by atoms with Crippen molar-refractivity contribution >= 4 is 23.2 Å². The van der Waals surface area contributed by atoms with Crippen LogP contribution >= 0.6 is 11.3 Å². The smallest absolute Gasteiger partial charge is 0.225 e. The van der Waals surface area contributed by atoms with Crippen LogP contribution in [0.15, 0.2) is 12.1 Å². The van der Waals surface area contributed by atoms with Gasteiger partial charge in [0.05, 0.1) is 5.92 Å². The third kappa shape index (κ3) is 3.51. The molecule has 2 heterocycles. The van der Waals surface area contributed by atoms with Crippen LogP contribution < -0.4 is 5.32 Å². The topological polar surface area (TPSA) is 49.4 Å². The minimum atomic E-state index is -0.154. The SMILES string of the molecule is Cc1ccc(CCNC(=O)[C@@H]2CC(=O)N(C3CCCC3)C2)s1. The minimum Gasteiger partial charge on any atom is -0.355 e. The first kappa shape index (κ1) is 15.5. The molecule has 0 radical (unpaired) electrons.